The van der Waals surface area contributed by atoms with Crippen molar-refractivity contribution >= 4 is 23.5 Å². The molecule has 1 aromatic heterocycles. The second-order valence-electron chi connectivity index (χ2n) is 2.73. The molecule has 0 saturated heterocycles. The average molecular weight is 244 g/mol. The SMILES string of the molecule is CCOC(=O)OC(=O)c1csc(CNC)n1. The lowest BCUT2D eigenvalue weighted by atomic mass is 10.5. The molecule has 0 atom stereocenters. The maximum absolute atomic E-state index is 11.3. The van der Waals surface area contributed by atoms with Crippen LogP contribution in [0.5, 0.6) is 0 Å². The summed E-state index contributed by atoms with van der Waals surface area (Å²) in [7, 11) is 1.78. The highest BCUT2D eigenvalue weighted by Gasteiger charge is 2.16. The number of nitrogens with one attached hydrogen (secondary N) is 1. The highest BCUT2D eigenvalue weighted by Crippen LogP contribution is 2.10. The minimum Gasteiger partial charge on any atom is -0.434 e. The number of hydrogen-bond donors (Lipinski definition) is 1. The molecule has 1 heterocycles. The topological polar surface area (TPSA) is 77.5 Å². The van der Waals surface area contributed by atoms with Crippen LogP contribution in [0, 0.1) is 0 Å². The molecule has 1 N–H and O–H groups in total. The van der Waals surface area contributed by atoms with Gasteiger partial charge in [-0.3, -0.25) is 0 Å². The monoisotopic (exact) mass is 244 g/mol. The van der Waals surface area contributed by atoms with Crippen molar-refractivity contribution in [1.82, 2.24) is 10.3 Å². The number of carbonyl (C=O) groups excluding carboxylic acids is 2. The lowest BCUT2D eigenvalue weighted by Gasteiger charge is -1.99. The van der Waals surface area contributed by atoms with Gasteiger partial charge in [0.25, 0.3) is 0 Å². The number of thiazole rings is 1. The first-order valence-electron chi connectivity index (χ1n) is 4.65. The number of carbonyl (C=O) groups is 2. The molecule has 0 radical (unpaired) electrons. The molecule has 7 heteroatoms. The molecule has 88 valence electrons. The normalized spacial score (nSPS) is 9.88. The molecule has 0 aliphatic rings. The summed E-state index contributed by atoms with van der Waals surface area (Å²) in [5.74, 6) is -0.794. The van der Waals surface area contributed by atoms with Crippen molar-refractivity contribution < 1.29 is 19.1 Å². The maximum Gasteiger partial charge on any atom is 0.516 e. The van der Waals surface area contributed by atoms with Crippen molar-refractivity contribution in [3.8, 4) is 0 Å². The number of ether oxygens (including phenoxy) is 2. The van der Waals surface area contributed by atoms with Crippen LogP contribution in [0.25, 0.3) is 0 Å². The summed E-state index contributed by atoms with van der Waals surface area (Å²) in [4.78, 5) is 26.2. The third-order valence-corrected chi connectivity index (χ3v) is 2.38. The Morgan fingerprint density at radius 2 is 2.31 bits per heavy atom. The number of hydrogen-bond acceptors (Lipinski definition) is 7. The van der Waals surface area contributed by atoms with Gasteiger partial charge in [-0.15, -0.1) is 11.3 Å². The lowest BCUT2D eigenvalue weighted by Crippen LogP contribution is -2.14. The van der Waals surface area contributed by atoms with Gasteiger partial charge in [0.05, 0.1) is 6.61 Å². The molecule has 0 saturated carbocycles. The van der Waals surface area contributed by atoms with Crippen molar-refractivity contribution in [3.63, 3.8) is 0 Å². The number of nitrogens with zero attached hydrogens (tertiary/aromatic N) is 1. The van der Waals surface area contributed by atoms with Crippen LogP contribution in [-0.2, 0) is 16.0 Å². The summed E-state index contributed by atoms with van der Waals surface area (Å²) in [6.45, 7) is 2.35. The van der Waals surface area contributed by atoms with E-state index < -0.39 is 12.1 Å². The van der Waals surface area contributed by atoms with Crippen LogP contribution in [0.15, 0.2) is 5.38 Å². The molecule has 0 aliphatic heterocycles. The Hall–Kier alpha value is -1.47. The Morgan fingerprint density at radius 1 is 1.56 bits per heavy atom. The van der Waals surface area contributed by atoms with Crippen molar-refractivity contribution in [3.05, 3.63) is 16.1 Å². The second kappa shape index (κ2) is 6.19. The van der Waals surface area contributed by atoms with Gasteiger partial charge in [-0.1, -0.05) is 0 Å². The zero-order chi connectivity index (χ0) is 12.0. The van der Waals surface area contributed by atoms with Gasteiger partial charge in [0.1, 0.15) is 5.01 Å². The van der Waals surface area contributed by atoms with Crippen LogP contribution in [-0.4, -0.2) is 30.8 Å². The van der Waals surface area contributed by atoms with Crippen LogP contribution in [0.2, 0.25) is 0 Å². The van der Waals surface area contributed by atoms with Crippen LogP contribution in [0.1, 0.15) is 22.4 Å². The Morgan fingerprint density at radius 3 is 2.94 bits per heavy atom. The van der Waals surface area contributed by atoms with E-state index >= 15 is 0 Å². The molecule has 0 unspecified atom stereocenters. The molecule has 1 aromatic rings. The smallest absolute Gasteiger partial charge is 0.434 e. The van der Waals surface area contributed by atoms with Gasteiger partial charge in [0.15, 0.2) is 5.69 Å². The first kappa shape index (κ1) is 12.6. The Balaban J connectivity index is 2.55. The molecular weight excluding hydrogens is 232 g/mol. The Kier molecular flexibility index (Phi) is 4.87. The van der Waals surface area contributed by atoms with E-state index in [0.29, 0.717) is 6.54 Å². The molecule has 16 heavy (non-hydrogen) atoms. The van der Waals surface area contributed by atoms with Gasteiger partial charge in [-0.05, 0) is 14.0 Å². The molecular formula is C9H12N2O4S. The summed E-state index contributed by atoms with van der Waals surface area (Å²) < 4.78 is 8.86. The van der Waals surface area contributed by atoms with E-state index in [1.165, 1.54) is 16.7 Å². The minimum atomic E-state index is -1.00. The quantitative estimate of drug-likeness (QED) is 0.633. The van der Waals surface area contributed by atoms with Crippen molar-refractivity contribution in [2.24, 2.45) is 0 Å². The third-order valence-electron chi connectivity index (χ3n) is 1.53. The summed E-state index contributed by atoms with van der Waals surface area (Å²) in [5.41, 5.74) is 0.114. The van der Waals surface area contributed by atoms with Gasteiger partial charge >= 0.3 is 12.1 Å². The highest BCUT2D eigenvalue weighted by atomic mass is 32.1. The van der Waals surface area contributed by atoms with Crippen LogP contribution < -0.4 is 5.32 Å². The number of aromatic nitrogens is 1. The van der Waals surface area contributed by atoms with Gasteiger partial charge < -0.3 is 14.8 Å². The Bertz CT molecular complexity index is 377. The first-order valence-corrected chi connectivity index (χ1v) is 5.53. The molecule has 0 spiro atoms. The molecule has 0 aromatic carbocycles. The first-order chi connectivity index (χ1) is 7.67. The van der Waals surface area contributed by atoms with Crippen LogP contribution in [0.3, 0.4) is 0 Å². The fraction of sp³-hybridized carbons (Fsp3) is 0.444. The van der Waals surface area contributed by atoms with Crippen LogP contribution in [0.4, 0.5) is 4.79 Å². The average Bonchev–Trinajstić information content (AvgIpc) is 2.67. The van der Waals surface area contributed by atoms with E-state index in [2.05, 4.69) is 19.8 Å². The largest absolute Gasteiger partial charge is 0.516 e. The van der Waals surface area contributed by atoms with Gasteiger partial charge in [-0.2, -0.15) is 0 Å². The predicted octanol–water partition coefficient (Wildman–Crippen LogP) is 1.18. The minimum absolute atomic E-state index is 0.114. The Labute approximate surface area is 96.6 Å². The summed E-state index contributed by atoms with van der Waals surface area (Å²) >= 11 is 1.32. The zero-order valence-electron chi connectivity index (χ0n) is 8.98. The van der Waals surface area contributed by atoms with Crippen molar-refractivity contribution in [1.29, 1.82) is 0 Å². The fourth-order valence-electron chi connectivity index (χ4n) is 0.912. The van der Waals surface area contributed by atoms with Gasteiger partial charge in [0, 0.05) is 11.9 Å². The maximum atomic E-state index is 11.3. The third kappa shape index (κ3) is 3.59. The lowest BCUT2D eigenvalue weighted by molar-refractivity contribution is 0.0397. The standard InChI is InChI=1S/C9H12N2O4S/c1-3-14-9(13)15-8(12)6-5-16-7(11-6)4-10-2/h5,10H,3-4H2,1-2H3. The molecule has 0 aliphatic carbocycles. The van der Waals surface area contributed by atoms with E-state index in [9.17, 15) is 9.59 Å². The highest BCUT2D eigenvalue weighted by molar-refractivity contribution is 7.09. The van der Waals surface area contributed by atoms with E-state index in [1.54, 1.807) is 14.0 Å². The molecule has 0 amide bonds. The molecule has 0 bridgehead atoms. The van der Waals surface area contributed by atoms with Crippen LogP contribution >= 0.6 is 11.3 Å². The van der Waals surface area contributed by atoms with E-state index in [1.807, 2.05) is 0 Å². The zero-order valence-corrected chi connectivity index (χ0v) is 9.80. The van der Waals surface area contributed by atoms with E-state index in [4.69, 9.17) is 0 Å². The summed E-state index contributed by atoms with van der Waals surface area (Å²) in [5, 5.41) is 5.19. The van der Waals surface area contributed by atoms with E-state index in [0.717, 1.165) is 5.01 Å². The van der Waals surface area contributed by atoms with E-state index in [-0.39, 0.29) is 12.3 Å². The molecule has 6 nitrogen and oxygen atoms in total. The molecule has 0 fully saturated rings. The van der Waals surface area contributed by atoms with Gasteiger partial charge in [-0.25, -0.2) is 14.6 Å². The summed E-state index contributed by atoms with van der Waals surface area (Å²) in [6, 6.07) is 0. The predicted molar refractivity (Wildman–Crippen MR) is 57.3 cm³/mol. The van der Waals surface area contributed by atoms with Gasteiger partial charge in [0.2, 0.25) is 0 Å². The fourth-order valence-corrected chi connectivity index (χ4v) is 1.69. The number of esters is 1. The van der Waals surface area contributed by atoms with Crippen molar-refractivity contribution in [2.75, 3.05) is 13.7 Å². The number of rotatable bonds is 4. The second-order valence-corrected chi connectivity index (χ2v) is 3.67. The molecule has 1 rings (SSSR count). The van der Waals surface area contributed by atoms with Crippen molar-refractivity contribution in [2.45, 2.75) is 13.5 Å². The summed E-state index contributed by atoms with van der Waals surface area (Å²) in [6.07, 6.45) is -1.00.